The number of carboxylic acid groups (broad SMARTS) is 1. The van der Waals surface area contributed by atoms with Gasteiger partial charge >= 0.3 is 5.97 Å². The number of benzene rings is 1. The van der Waals surface area contributed by atoms with Crippen molar-refractivity contribution in [1.29, 1.82) is 0 Å². The summed E-state index contributed by atoms with van der Waals surface area (Å²) < 4.78 is 16.7. The Balaban J connectivity index is 1.81. The fourth-order valence-electron chi connectivity index (χ4n) is 4.41. The number of nitrogens with zero attached hydrogens (tertiary/aromatic N) is 2. The van der Waals surface area contributed by atoms with Gasteiger partial charge in [-0.2, -0.15) is 0 Å². The van der Waals surface area contributed by atoms with Crippen molar-refractivity contribution in [1.82, 2.24) is 9.88 Å². The molecule has 1 saturated carbocycles. The minimum Gasteiger partial charge on any atom is -0.477 e. The molecule has 8 heteroatoms. The molecule has 0 amide bonds. The first-order valence-electron chi connectivity index (χ1n) is 10.1. The van der Waals surface area contributed by atoms with E-state index in [1.807, 2.05) is 4.90 Å². The van der Waals surface area contributed by atoms with Gasteiger partial charge in [0.1, 0.15) is 16.5 Å². The number of fused-ring (bicyclic) bond motifs is 1. The first kappa shape index (κ1) is 20.2. The van der Waals surface area contributed by atoms with E-state index in [1.165, 1.54) is 6.07 Å². The molecule has 1 aromatic heterocycles. The third-order valence-corrected chi connectivity index (χ3v) is 6.51. The summed E-state index contributed by atoms with van der Waals surface area (Å²) >= 11 is 6.34. The first-order valence-corrected chi connectivity index (χ1v) is 10.5. The molecule has 1 saturated heterocycles. The Morgan fingerprint density at radius 1 is 1.38 bits per heavy atom. The topological polar surface area (TPSA) is 74.6 Å². The van der Waals surface area contributed by atoms with Crippen molar-refractivity contribution >= 4 is 34.2 Å². The highest BCUT2D eigenvalue weighted by Crippen LogP contribution is 2.41. The smallest absolute Gasteiger partial charge is 0.342 e. The van der Waals surface area contributed by atoms with Gasteiger partial charge in [-0.1, -0.05) is 18.5 Å². The van der Waals surface area contributed by atoms with Crippen molar-refractivity contribution in [2.24, 2.45) is 5.92 Å². The summed E-state index contributed by atoms with van der Waals surface area (Å²) in [7, 11) is 0. The predicted molar refractivity (Wildman–Crippen MR) is 112 cm³/mol. The highest BCUT2D eigenvalue weighted by atomic mass is 35.5. The predicted octanol–water partition coefficient (Wildman–Crippen LogP) is 3.65. The Bertz CT molecular complexity index is 1030. The number of halogens is 2. The molecule has 1 aromatic carbocycles. The normalized spacial score (nSPS) is 20.4. The van der Waals surface area contributed by atoms with E-state index in [1.54, 1.807) is 10.6 Å². The molecule has 0 radical (unpaired) electrons. The summed E-state index contributed by atoms with van der Waals surface area (Å²) in [5.74, 6) is -1.48. The second-order valence-electron chi connectivity index (χ2n) is 8.06. The molecule has 6 nitrogen and oxygen atoms in total. The Kier molecular flexibility index (Phi) is 5.29. The van der Waals surface area contributed by atoms with Gasteiger partial charge in [0.05, 0.1) is 11.2 Å². The Morgan fingerprint density at radius 3 is 2.72 bits per heavy atom. The monoisotopic (exact) mass is 421 g/mol. The number of aromatic nitrogens is 1. The molecular formula is C21H25ClFN3O3. The zero-order valence-electron chi connectivity index (χ0n) is 16.5. The minimum atomic E-state index is -1.39. The molecule has 29 heavy (non-hydrogen) atoms. The van der Waals surface area contributed by atoms with E-state index >= 15 is 4.39 Å². The summed E-state index contributed by atoms with van der Waals surface area (Å²) in [6, 6.07) is 3.23. The van der Waals surface area contributed by atoms with Crippen LogP contribution >= 0.6 is 11.6 Å². The fourth-order valence-corrected chi connectivity index (χ4v) is 4.80. The van der Waals surface area contributed by atoms with Crippen LogP contribution in [-0.2, 0) is 0 Å². The van der Waals surface area contributed by atoms with Crippen LogP contribution in [0.2, 0.25) is 5.15 Å². The molecule has 2 heterocycles. The third kappa shape index (κ3) is 3.51. The molecule has 2 atom stereocenters. The number of carboxylic acids is 1. The number of pyridine rings is 1. The lowest BCUT2D eigenvalue weighted by Crippen LogP contribution is -2.35. The minimum absolute atomic E-state index is 0.0436. The van der Waals surface area contributed by atoms with Gasteiger partial charge in [0.2, 0.25) is 5.43 Å². The number of rotatable bonds is 6. The average molecular weight is 422 g/mol. The molecular weight excluding hydrogens is 397 g/mol. The average Bonchev–Trinajstić information content (AvgIpc) is 3.37. The largest absolute Gasteiger partial charge is 0.477 e. The Labute approximate surface area is 173 Å². The first-order chi connectivity index (χ1) is 13.8. The quantitative estimate of drug-likeness (QED) is 0.696. The maximum atomic E-state index is 15.0. The van der Waals surface area contributed by atoms with Crippen LogP contribution in [0.4, 0.5) is 10.1 Å². The number of hydrogen-bond acceptors (Lipinski definition) is 4. The fraction of sp³-hybridized carbons (Fsp3) is 0.524. The summed E-state index contributed by atoms with van der Waals surface area (Å²) in [5, 5.41) is 12.9. The molecule has 2 aliphatic rings. The van der Waals surface area contributed by atoms with Gasteiger partial charge in [-0.3, -0.25) is 4.79 Å². The van der Waals surface area contributed by atoms with Crippen LogP contribution in [0.3, 0.4) is 0 Å². The van der Waals surface area contributed by atoms with Crippen LogP contribution in [0.25, 0.3) is 10.9 Å². The van der Waals surface area contributed by atoms with Crippen LogP contribution in [0.15, 0.2) is 16.9 Å². The summed E-state index contributed by atoms with van der Waals surface area (Å²) in [4.78, 5) is 26.3. The molecule has 2 fully saturated rings. The van der Waals surface area contributed by atoms with E-state index in [9.17, 15) is 14.7 Å². The van der Waals surface area contributed by atoms with Crippen LogP contribution < -0.4 is 15.6 Å². The van der Waals surface area contributed by atoms with Crippen molar-refractivity contribution in [3.8, 4) is 0 Å². The Morgan fingerprint density at radius 2 is 2.10 bits per heavy atom. The van der Waals surface area contributed by atoms with E-state index in [2.05, 4.69) is 19.2 Å². The molecule has 1 aliphatic heterocycles. The van der Waals surface area contributed by atoms with E-state index in [4.69, 9.17) is 11.6 Å². The lowest BCUT2D eigenvalue weighted by molar-refractivity contribution is 0.0695. The molecule has 1 aliphatic carbocycles. The zero-order valence-corrected chi connectivity index (χ0v) is 17.3. The third-order valence-electron chi connectivity index (χ3n) is 6.14. The van der Waals surface area contributed by atoms with Gasteiger partial charge in [-0.25, -0.2) is 9.18 Å². The van der Waals surface area contributed by atoms with Gasteiger partial charge in [-0.15, -0.1) is 0 Å². The van der Waals surface area contributed by atoms with Gasteiger partial charge in [-0.05, 0) is 50.8 Å². The standard InChI is InChI=1S/C21H25ClFN3O3/c1-3-24-11(2)12-6-7-25(10-12)17-9-16-14(8-15(17)23)19(27)18(21(28)29)20(22)26(16)13-4-5-13/h8-9,11-13,24H,3-7,10H2,1-2H3,(H,28,29)/t11-,12-/m1/s1. The van der Waals surface area contributed by atoms with Crippen molar-refractivity contribution in [2.75, 3.05) is 24.5 Å². The number of carbonyl (C=O) groups is 1. The summed E-state index contributed by atoms with van der Waals surface area (Å²) in [5.41, 5.74) is -0.275. The van der Waals surface area contributed by atoms with Crippen LogP contribution in [0, 0.1) is 11.7 Å². The Hall–Kier alpha value is -2.12. The molecule has 0 unspecified atom stereocenters. The van der Waals surface area contributed by atoms with Crippen LogP contribution in [-0.4, -0.2) is 41.3 Å². The highest BCUT2D eigenvalue weighted by molar-refractivity contribution is 6.33. The lowest BCUT2D eigenvalue weighted by Gasteiger charge is -2.24. The zero-order chi connectivity index (χ0) is 20.9. The lowest BCUT2D eigenvalue weighted by atomic mass is 10.0. The molecule has 0 bridgehead atoms. The molecule has 4 rings (SSSR count). The number of hydrogen-bond donors (Lipinski definition) is 2. The molecule has 2 N–H and O–H groups in total. The number of anilines is 1. The SMILES string of the molecule is CCN[C@H](C)[C@@H]1CCN(c2cc3c(cc2F)c(=O)c(C(=O)O)c(Cl)n3C2CC2)C1. The van der Waals surface area contributed by atoms with Crippen molar-refractivity contribution in [3.05, 3.63) is 38.9 Å². The van der Waals surface area contributed by atoms with E-state index in [0.717, 1.165) is 38.9 Å². The summed E-state index contributed by atoms with van der Waals surface area (Å²) in [6.07, 6.45) is 2.67. The van der Waals surface area contributed by atoms with Crippen LogP contribution in [0.5, 0.6) is 0 Å². The van der Waals surface area contributed by atoms with E-state index in [0.29, 0.717) is 23.2 Å². The van der Waals surface area contributed by atoms with Crippen LogP contribution in [0.1, 0.15) is 49.5 Å². The maximum absolute atomic E-state index is 15.0. The second-order valence-corrected chi connectivity index (χ2v) is 8.42. The van der Waals surface area contributed by atoms with Gasteiger partial charge in [0.15, 0.2) is 0 Å². The van der Waals surface area contributed by atoms with Gasteiger partial charge in [0, 0.05) is 30.6 Å². The maximum Gasteiger partial charge on any atom is 0.342 e. The molecule has 0 spiro atoms. The van der Waals surface area contributed by atoms with Gasteiger partial charge in [0.25, 0.3) is 0 Å². The van der Waals surface area contributed by atoms with E-state index in [-0.39, 0.29) is 16.6 Å². The van der Waals surface area contributed by atoms with Crippen molar-refractivity contribution in [2.45, 2.75) is 45.2 Å². The van der Waals surface area contributed by atoms with Gasteiger partial charge < -0.3 is 19.9 Å². The van der Waals surface area contributed by atoms with E-state index < -0.39 is 22.8 Å². The number of nitrogens with one attached hydrogen (secondary N) is 1. The molecule has 156 valence electrons. The highest BCUT2D eigenvalue weighted by Gasteiger charge is 2.33. The number of aromatic carboxylic acids is 1. The second kappa shape index (κ2) is 7.61. The molecule has 2 aromatic rings. The summed E-state index contributed by atoms with van der Waals surface area (Å²) in [6.45, 7) is 6.56. The van der Waals surface area contributed by atoms with Crippen molar-refractivity contribution in [3.63, 3.8) is 0 Å². The van der Waals surface area contributed by atoms with Crippen molar-refractivity contribution < 1.29 is 14.3 Å².